The Labute approximate surface area is 107 Å². The highest BCUT2D eigenvalue weighted by Gasteiger charge is 2.18. The SMILES string of the molecule is CCOC(=O)C(C)NC(=O)c1cc(C)ccc1C. The van der Waals surface area contributed by atoms with Gasteiger partial charge in [-0.2, -0.15) is 0 Å². The minimum absolute atomic E-state index is 0.253. The van der Waals surface area contributed by atoms with Gasteiger partial charge >= 0.3 is 5.97 Å². The maximum absolute atomic E-state index is 12.0. The van der Waals surface area contributed by atoms with Crippen LogP contribution in [-0.4, -0.2) is 24.5 Å². The van der Waals surface area contributed by atoms with Crippen molar-refractivity contribution in [3.05, 3.63) is 34.9 Å². The number of aryl methyl sites for hydroxylation is 2. The van der Waals surface area contributed by atoms with Crippen LogP contribution in [0.3, 0.4) is 0 Å². The molecule has 1 rings (SSSR count). The second kappa shape index (κ2) is 6.19. The number of ether oxygens (including phenoxy) is 1. The summed E-state index contributed by atoms with van der Waals surface area (Å²) in [5.41, 5.74) is 2.48. The Morgan fingerprint density at radius 2 is 2.00 bits per heavy atom. The Balaban J connectivity index is 2.76. The standard InChI is InChI=1S/C14H19NO3/c1-5-18-14(17)11(4)15-13(16)12-8-9(2)6-7-10(12)3/h6-8,11H,5H2,1-4H3,(H,15,16). The molecule has 98 valence electrons. The lowest BCUT2D eigenvalue weighted by molar-refractivity contribution is -0.144. The molecule has 1 amide bonds. The zero-order valence-electron chi connectivity index (χ0n) is 11.2. The summed E-state index contributed by atoms with van der Waals surface area (Å²) in [6.45, 7) is 7.44. The monoisotopic (exact) mass is 249 g/mol. The van der Waals surface area contributed by atoms with Crippen molar-refractivity contribution < 1.29 is 14.3 Å². The van der Waals surface area contributed by atoms with E-state index in [0.717, 1.165) is 11.1 Å². The first-order valence-corrected chi connectivity index (χ1v) is 6.00. The van der Waals surface area contributed by atoms with Crippen LogP contribution in [0.2, 0.25) is 0 Å². The van der Waals surface area contributed by atoms with E-state index in [1.54, 1.807) is 13.8 Å². The van der Waals surface area contributed by atoms with Crippen LogP contribution in [0.1, 0.15) is 35.3 Å². The molecule has 0 aliphatic carbocycles. The van der Waals surface area contributed by atoms with E-state index in [1.165, 1.54) is 0 Å². The molecule has 0 spiro atoms. The molecule has 0 aromatic heterocycles. The minimum atomic E-state index is -0.641. The van der Waals surface area contributed by atoms with Crippen molar-refractivity contribution in [2.45, 2.75) is 33.7 Å². The molecule has 0 aliphatic heterocycles. The van der Waals surface area contributed by atoms with E-state index in [2.05, 4.69) is 5.32 Å². The molecule has 0 radical (unpaired) electrons. The third-order valence-electron chi connectivity index (χ3n) is 2.63. The summed E-state index contributed by atoms with van der Waals surface area (Å²) in [7, 11) is 0. The van der Waals surface area contributed by atoms with Gasteiger partial charge < -0.3 is 10.1 Å². The molecule has 4 heteroatoms. The van der Waals surface area contributed by atoms with Crippen molar-refractivity contribution in [3.8, 4) is 0 Å². The van der Waals surface area contributed by atoms with E-state index in [9.17, 15) is 9.59 Å². The summed E-state index contributed by atoms with van der Waals surface area (Å²) in [6, 6.07) is 5.00. The van der Waals surface area contributed by atoms with Gasteiger partial charge in [-0.15, -0.1) is 0 Å². The van der Waals surface area contributed by atoms with E-state index >= 15 is 0 Å². The van der Waals surface area contributed by atoms with Gasteiger partial charge in [-0.3, -0.25) is 4.79 Å². The molecule has 1 unspecified atom stereocenters. The lowest BCUT2D eigenvalue weighted by Crippen LogP contribution is -2.39. The van der Waals surface area contributed by atoms with Gasteiger partial charge in [0, 0.05) is 5.56 Å². The van der Waals surface area contributed by atoms with Crippen LogP contribution in [0.5, 0.6) is 0 Å². The number of hydrogen-bond donors (Lipinski definition) is 1. The fourth-order valence-corrected chi connectivity index (χ4v) is 1.58. The summed E-state index contributed by atoms with van der Waals surface area (Å²) in [5.74, 6) is -0.673. The van der Waals surface area contributed by atoms with E-state index in [0.29, 0.717) is 12.2 Å². The van der Waals surface area contributed by atoms with Crippen LogP contribution >= 0.6 is 0 Å². The van der Waals surface area contributed by atoms with Crippen molar-refractivity contribution in [3.63, 3.8) is 0 Å². The van der Waals surface area contributed by atoms with Crippen LogP contribution in [0.15, 0.2) is 18.2 Å². The van der Waals surface area contributed by atoms with Crippen LogP contribution in [0, 0.1) is 13.8 Å². The lowest BCUT2D eigenvalue weighted by atomic mass is 10.0. The molecule has 0 fully saturated rings. The Kier molecular flexibility index (Phi) is 4.89. The first-order chi connectivity index (χ1) is 8.45. The molecule has 1 aromatic rings. The zero-order valence-corrected chi connectivity index (χ0v) is 11.2. The van der Waals surface area contributed by atoms with Gasteiger partial charge in [0.1, 0.15) is 6.04 Å². The van der Waals surface area contributed by atoms with Crippen molar-refractivity contribution in [2.24, 2.45) is 0 Å². The quantitative estimate of drug-likeness (QED) is 0.830. The third-order valence-corrected chi connectivity index (χ3v) is 2.63. The second-order valence-electron chi connectivity index (χ2n) is 4.27. The number of benzene rings is 1. The molecule has 4 nitrogen and oxygen atoms in total. The molecule has 1 atom stereocenters. The predicted octanol–water partition coefficient (Wildman–Crippen LogP) is 1.98. The number of carbonyl (C=O) groups is 2. The highest BCUT2D eigenvalue weighted by molar-refractivity contribution is 5.98. The van der Waals surface area contributed by atoms with Crippen LogP contribution in [0.25, 0.3) is 0 Å². The smallest absolute Gasteiger partial charge is 0.328 e. The maximum Gasteiger partial charge on any atom is 0.328 e. The van der Waals surface area contributed by atoms with Crippen molar-refractivity contribution >= 4 is 11.9 Å². The number of amides is 1. The Morgan fingerprint density at radius 1 is 1.33 bits per heavy atom. The number of nitrogens with one attached hydrogen (secondary N) is 1. The number of esters is 1. The van der Waals surface area contributed by atoms with Crippen molar-refractivity contribution in [1.29, 1.82) is 0 Å². The molecular formula is C14H19NO3. The maximum atomic E-state index is 12.0. The topological polar surface area (TPSA) is 55.4 Å². The summed E-state index contributed by atoms with van der Waals surface area (Å²) < 4.78 is 4.84. The highest BCUT2D eigenvalue weighted by atomic mass is 16.5. The predicted molar refractivity (Wildman–Crippen MR) is 69.5 cm³/mol. The van der Waals surface area contributed by atoms with Gasteiger partial charge in [0.05, 0.1) is 6.61 Å². The normalized spacial score (nSPS) is 11.8. The molecule has 0 saturated carbocycles. The Morgan fingerprint density at radius 3 is 2.61 bits per heavy atom. The largest absolute Gasteiger partial charge is 0.464 e. The van der Waals surface area contributed by atoms with E-state index in [1.807, 2.05) is 32.0 Å². The zero-order chi connectivity index (χ0) is 13.7. The van der Waals surface area contributed by atoms with Crippen LogP contribution in [0.4, 0.5) is 0 Å². The molecule has 0 saturated heterocycles. The fourth-order valence-electron chi connectivity index (χ4n) is 1.58. The van der Waals surface area contributed by atoms with Crippen molar-refractivity contribution in [1.82, 2.24) is 5.32 Å². The van der Waals surface area contributed by atoms with E-state index in [-0.39, 0.29) is 5.91 Å². The summed E-state index contributed by atoms with van der Waals surface area (Å²) in [5, 5.41) is 2.64. The fraction of sp³-hybridized carbons (Fsp3) is 0.429. The highest BCUT2D eigenvalue weighted by Crippen LogP contribution is 2.10. The third kappa shape index (κ3) is 3.58. The molecule has 18 heavy (non-hydrogen) atoms. The van der Waals surface area contributed by atoms with Gasteiger partial charge in [-0.05, 0) is 39.3 Å². The first kappa shape index (κ1) is 14.2. The summed E-state index contributed by atoms with van der Waals surface area (Å²) >= 11 is 0. The molecule has 1 N–H and O–H groups in total. The van der Waals surface area contributed by atoms with Gasteiger partial charge in [0.2, 0.25) is 0 Å². The second-order valence-corrected chi connectivity index (χ2v) is 4.27. The molecule has 0 aliphatic rings. The number of rotatable bonds is 4. The van der Waals surface area contributed by atoms with Gasteiger partial charge in [-0.25, -0.2) is 4.79 Å². The van der Waals surface area contributed by atoms with Gasteiger partial charge in [-0.1, -0.05) is 17.7 Å². The summed E-state index contributed by atoms with van der Waals surface area (Å²) in [6.07, 6.45) is 0. The average Bonchev–Trinajstić information content (AvgIpc) is 2.32. The number of carbonyl (C=O) groups excluding carboxylic acids is 2. The Bertz CT molecular complexity index is 454. The molecule has 0 heterocycles. The van der Waals surface area contributed by atoms with E-state index in [4.69, 9.17) is 4.74 Å². The lowest BCUT2D eigenvalue weighted by Gasteiger charge is -2.14. The number of hydrogen-bond acceptors (Lipinski definition) is 3. The van der Waals surface area contributed by atoms with Gasteiger partial charge in [0.25, 0.3) is 5.91 Å². The summed E-state index contributed by atoms with van der Waals surface area (Å²) in [4.78, 5) is 23.4. The van der Waals surface area contributed by atoms with Crippen LogP contribution < -0.4 is 5.32 Å². The van der Waals surface area contributed by atoms with Crippen LogP contribution in [-0.2, 0) is 9.53 Å². The van der Waals surface area contributed by atoms with Crippen molar-refractivity contribution in [2.75, 3.05) is 6.61 Å². The first-order valence-electron chi connectivity index (χ1n) is 6.00. The molecule has 0 bridgehead atoms. The van der Waals surface area contributed by atoms with E-state index < -0.39 is 12.0 Å². The Hall–Kier alpha value is -1.84. The minimum Gasteiger partial charge on any atom is -0.464 e. The average molecular weight is 249 g/mol. The van der Waals surface area contributed by atoms with Gasteiger partial charge in [0.15, 0.2) is 0 Å². The molecular weight excluding hydrogens is 230 g/mol. The molecule has 1 aromatic carbocycles.